The van der Waals surface area contributed by atoms with Crippen LogP contribution in [0.3, 0.4) is 0 Å². The highest BCUT2D eigenvalue weighted by Crippen LogP contribution is 2.29. The van der Waals surface area contributed by atoms with E-state index in [0.717, 1.165) is 0 Å². The summed E-state index contributed by atoms with van der Waals surface area (Å²) < 4.78 is 18.4. The summed E-state index contributed by atoms with van der Waals surface area (Å²) in [6, 6.07) is 9.65. The molecule has 2 aromatic rings. The molecular weight excluding hydrogens is 219 g/mol. The van der Waals surface area contributed by atoms with E-state index in [0.29, 0.717) is 24.2 Å². The van der Waals surface area contributed by atoms with Gasteiger partial charge < -0.3 is 9.52 Å². The second-order valence-corrected chi connectivity index (χ2v) is 4.15. The summed E-state index contributed by atoms with van der Waals surface area (Å²) in [6.45, 7) is 1.87. The van der Waals surface area contributed by atoms with E-state index < -0.39 is 5.60 Å². The Hall–Kier alpha value is -1.61. The van der Waals surface area contributed by atoms with Crippen LogP contribution < -0.4 is 0 Å². The van der Waals surface area contributed by atoms with Gasteiger partial charge in [0.2, 0.25) is 0 Å². The van der Waals surface area contributed by atoms with E-state index in [4.69, 9.17) is 4.42 Å². The van der Waals surface area contributed by atoms with Crippen LogP contribution in [-0.4, -0.2) is 5.11 Å². The Balaban J connectivity index is 2.30. The van der Waals surface area contributed by atoms with Gasteiger partial charge in [0.05, 0.1) is 11.9 Å². The number of benzene rings is 1. The summed E-state index contributed by atoms with van der Waals surface area (Å²) in [5, 5.41) is 10.6. The van der Waals surface area contributed by atoms with Crippen LogP contribution in [0.1, 0.15) is 24.7 Å². The molecule has 0 radical (unpaired) electrons. The van der Waals surface area contributed by atoms with Crippen molar-refractivity contribution in [1.82, 2.24) is 0 Å². The van der Waals surface area contributed by atoms with Crippen molar-refractivity contribution >= 4 is 0 Å². The van der Waals surface area contributed by atoms with Crippen LogP contribution in [0.4, 0.5) is 4.39 Å². The number of hydrogen-bond donors (Lipinski definition) is 1. The van der Waals surface area contributed by atoms with Crippen LogP contribution in [0.15, 0.2) is 47.1 Å². The monoisotopic (exact) mass is 234 g/mol. The van der Waals surface area contributed by atoms with Crippen LogP contribution in [-0.2, 0) is 12.0 Å². The maximum atomic E-state index is 13.2. The molecule has 3 heteroatoms. The third-order valence-corrected chi connectivity index (χ3v) is 2.99. The molecule has 90 valence electrons. The molecule has 0 saturated heterocycles. The van der Waals surface area contributed by atoms with Gasteiger partial charge >= 0.3 is 0 Å². The molecule has 0 aliphatic rings. The average molecular weight is 234 g/mol. The van der Waals surface area contributed by atoms with Crippen LogP contribution in [0.2, 0.25) is 0 Å². The number of halogens is 1. The van der Waals surface area contributed by atoms with Gasteiger partial charge in [-0.3, -0.25) is 0 Å². The van der Waals surface area contributed by atoms with Crippen LogP contribution in [0.5, 0.6) is 0 Å². The van der Waals surface area contributed by atoms with Gasteiger partial charge in [-0.15, -0.1) is 0 Å². The van der Waals surface area contributed by atoms with Crippen molar-refractivity contribution in [2.75, 3.05) is 0 Å². The summed E-state index contributed by atoms with van der Waals surface area (Å²) in [7, 11) is 0. The molecule has 0 aliphatic carbocycles. The first-order chi connectivity index (χ1) is 8.14. The first-order valence-corrected chi connectivity index (χ1v) is 5.65. The van der Waals surface area contributed by atoms with Crippen molar-refractivity contribution in [3.8, 4) is 0 Å². The molecule has 0 aliphatic heterocycles. The fourth-order valence-electron chi connectivity index (χ4n) is 1.91. The highest BCUT2D eigenvalue weighted by molar-refractivity contribution is 5.25. The smallest absolute Gasteiger partial charge is 0.123 e. The highest BCUT2D eigenvalue weighted by Gasteiger charge is 2.28. The summed E-state index contributed by atoms with van der Waals surface area (Å²) in [4.78, 5) is 0. The Bertz CT molecular complexity index is 479. The molecule has 1 aromatic heterocycles. The van der Waals surface area contributed by atoms with Crippen molar-refractivity contribution in [2.24, 2.45) is 0 Å². The molecule has 1 N–H and O–H groups in total. The minimum atomic E-state index is -1.08. The van der Waals surface area contributed by atoms with Crippen molar-refractivity contribution in [3.63, 3.8) is 0 Å². The largest absolute Gasteiger partial charge is 0.469 e. The number of aliphatic hydroxyl groups is 1. The standard InChI is InChI=1S/C14H15FO2/c1-2-14(16,10-13-7-4-8-17-13)11-5-3-6-12(15)9-11/h3-9,16H,2,10H2,1H3. The normalized spacial score (nSPS) is 14.5. The minimum absolute atomic E-state index is 0.339. The maximum absolute atomic E-state index is 13.2. The lowest BCUT2D eigenvalue weighted by Crippen LogP contribution is -2.27. The Kier molecular flexibility index (Phi) is 3.29. The molecule has 17 heavy (non-hydrogen) atoms. The highest BCUT2D eigenvalue weighted by atomic mass is 19.1. The van der Waals surface area contributed by atoms with E-state index in [1.807, 2.05) is 6.92 Å². The first-order valence-electron chi connectivity index (χ1n) is 5.65. The van der Waals surface area contributed by atoms with Crippen molar-refractivity contribution < 1.29 is 13.9 Å². The lowest BCUT2D eigenvalue weighted by atomic mass is 9.87. The fraction of sp³-hybridized carbons (Fsp3) is 0.286. The summed E-state index contributed by atoms with van der Waals surface area (Å²) >= 11 is 0. The Morgan fingerprint density at radius 2 is 2.12 bits per heavy atom. The van der Waals surface area contributed by atoms with Gasteiger partial charge in [-0.2, -0.15) is 0 Å². The zero-order valence-electron chi connectivity index (χ0n) is 9.69. The Labute approximate surface area is 99.7 Å². The van der Waals surface area contributed by atoms with E-state index in [-0.39, 0.29) is 5.82 Å². The average Bonchev–Trinajstić information content (AvgIpc) is 2.81. The lowest BCUT2D eigenvalue weighted by Gasteiger charge is -2.26. The van der Waals surface area contributed by atoms with Gasteiger partial charge in [-0.1, -0.05) is 19.1 Å². The van der Waals surface area contributed by atoms with Crippen molar-refractivity contribution in [1.29, 1.82) is 0 Å². The fourth-order valence-corrected chi connectivity index (χ4v) is 1.91. The van der Waals surface area contributed by atoms with Crippen molar-refractivity contribution in [3.05, 3.63) is 59.8 Å². The molecule has 1 unspecified atom stereocenters. The molecule has 0 spiro atoms. The molecule has 0 saturated carbocycles. The Morgan fingerprint density at radius 3 is 2.71 bits per heavy atom. The van der Waals surface area contributed by atoms with Gasteiger partial charge in [0.25, 0.3) is 0 Å². The molecule has 1 aromatic carbocycles. The Morgan fingerprint density at radius 1 is 1.29 bits per heavy atom. The quantitative estimate of drug-likeness (QED) is 0.880. The first kappa shape index (κ1) is 11.9. The summed E-state index contributed by atoms with van der Waals surface area (Å²) in [5.74, 6) is 0.354. The molecule has 1 heterocycles. The van der Waals surface area contributed by atoms with Crippen molar-refractivity contribution in [2.45, 2.75) is 25.4 Å². The van der Waals surface area contributed by atoms with E-state index >= 15 is 0 Å². The zero-order valence-corrected chi connectivity index (χ0v) is 9.69. The third kappa shape index (κ3) is 2.56. The molecular formula is C14H15FO2. The van der Waals surface area contributed by atoms with E-state index in [1.54, 1.807) is 30.5 Å². The number of furan rings is 1. The second kappa shape index (κ2) is 4.72. The molecule has 2 rings (SSSR count). The second-order valence-electron chi connectivity index (χ2n) is 4.15. The van der Waals surface area contributed by atoms with Gasteiger partial charge in [0.15, 0.2) is 0 Å². The van der Waals surface area contributed by atoms with Crippen LogP contribution >= 0.6 is 0 Å². The molecule has 0 fully saturated rings. The molecule has 1 atom stereocenters. The lowest BCUT2D eigenvalue weighted by molar-refractivity contribution is 0.0274. The zero-order chi connectivity index (χ0) is 12.3. The van der Waals surface area contributed by atoms with Crippen LogP contribution in [0, 0.1) is 5.82 Å². The SMILES string of the molecule is CCC(O)(Cc1ccco1)c1cccc(F)c1. The van der Waals surface area contributed by atoms with E-state index in [9.17, 15) is 9.50 Å². The van der Waals surface area contributed by atoms with Gasteiger partial charge in [0.1, 0.15) is 11.6 Å². The summed E-state index contributed by atoms with van der Waals surface area (Å²) in [5.41, 5.74) is -0.503. The predicted octanol–water partition coefficient (Wildman–Crippen LogP) is 3.26. The molecule has 2 nitrogen and oxygen atoms in total. The van der Waals surface area contributed by atoms with E-state index in [2.05, 4.69) is 0 Å². The topological polar surface area (TPSA) is 33.4 Å². The van der Waals surface area contributed by atoms with Gasteiger partial charge in [0, 0.05) is 6.42 Å². The minimum Gasteiger partial charge on any atom is -0.469 e. The number of hydrogen-bond acceptors (Lipinski definition) is 2. The maximum Gasteiger partial charge on any atom is 0.123 e. The molecule has 0 bridgehead atoms. The summed E-state index contributed by atoms with van der Waals surface area (Å²) in [6.07, 6.45) is 2.41. The van der Waals surface area contributed by atoms with Crippen LogP contribution in [0.25, 0.3) is 0 Å². The van der Waals surface area contributed by atoms with Gasteiger partial charge in [-0.05, 0) is 36.2 Å². The third-order valence-electron chi connectivity index (χ3n) is 2.99. The molecule has 0 amide bonds. The predicted molar refractivity (Wildman–Crippen MR) is 63.0 cm³/mol. The number of rotatable bonds is 4. The van der Waals surface area contributed by atoms with E-state index in [1.165, 1.54) is 12.1 Å². The van der Waals surface area contributed by atoms with Gasteiger partial charge in [-0.25, -0.2) is 4.39 Å².